The summed E-state index contributed by atoms with van der Waals surface area (Å²) in [6, 6.07) is 7.25. The number of carbonyl (C=O) groups excluding carboxylic acids is 1. The van der Waals surface area contributed by atoms with Gasteiger partial charge in [0.2, 0.25) is 5.91 Å². The molecule has 27 heavy (non-hydrogen) atoms. The number of likely N-dealkylation sites (tertiary alicyclic amines) is 1. The van der Waals surface area contributed by atoms with Crippen LogP contribution in [0.2, 0.25) is 0 Å². The van der Waals surface area contributed by atoms with Crippen molar-refractivity contribution in [3.63, 3.8) is 0 Å². The predicted octanol–water partition coefficient (Wildman–Crippen LogP) is 2.52. The molecule has 0 bridgehead atoms. The third-order valence-corrected chi connectivity index (χ3v) is 6.17. The summed E-state index contributed by atoms with van der Waals surface area (Å²) in [6.07, 6.45) is 2.55. The first-order valence-electron chi connectivity index (χ1n) is 9.57. The van der Waals surface area contributed by atoms with Crippen LogP contribution in [0.15, 0.2) is 34.2 Å². The number of aliphatic hydroxyl groups excluding tert-OH is 1. The molecular formula is C20H27N3O3S. The monoisotopic (exact) mass is 389 g/mol. The van der Waals surface area contributed by atoms with Gasteiger partial charge in [-0.15, -0.1) is 0 Å². The summed E-state index contributed by atoms with van der Waals surface area (Å²) >= 11 is 1.33. The quantitative estimate of drug-likeness (QED) is 0.607. The molecule has 1 fully saturated rings. The highest BCUT2D eigenvalue weighted by atomic mass is 32.2. The number of para-hydroxylation sites is 1. The van der Waals surface area contributed by atoms with Crippen molar-refractivity contribution in [1.82, 2.24) is 14.5 Å². The Morgan fingerprint density at radius 2 is 2.04 bits per heavy atom. The van der Waals surface area contributed by atoms with E-state index >= 15 is 0 Å². The summed E-state index contributed by atoms with van der Waals surface area (Å²) < 4.78 is 1.59. The first-order valence-corrected chi connectivity index (χ1v) is 10.4. The Balaban J connectivity index is 1.86. The van der Waals surface area contributed by atoms with Crippen LogP contribution in [0.3, 0.4) is 0 Å². The Morgan fingerprint density at radius 1 is 1.33 bits per heavy atom. The molecule has 1 N–H and O–H groups in total. The maximum absolute atomic E-state index is 12.9. The summed E-state index contributed by atoms with van der Waals surface area (Å²) in [7, 11) is 0. The van der Waals surface area contributed by atoms with Gasteiger partial charge in [-0.05, 0) is 44.2 Å². The fourth-order valence-corrected chi connectivity index (χ4v) is 4.38. The van der Waals surface area contributed by atoms with Gasteiger partial charge in [-0.25, -0.2) is 4.98 Å². The van der Waals surface area contributed by atoms with Gasteiger partial charge < -0.3 is 10.0 Å². The molecule has 7 heteroatoms. The third-order valence-electron chi connectivity index (χ3n) is 5.09. The van der Waals surface area contributed by atoms with Gasteiger partial charge in [-0.2, -0.15) is 0 Å². The number of rotatable bonds is 6. The maximum atomic E-state index is 12.9. The van der Waals surface area contributed by atoms with Crippen LogP contribution in [0.5, 0.6) is 0 Å². The number of carbonyl (C=O) groups is 1. The Kier molecular flexibility index (Phi) is 6.55. The van der Waals surface area contributed by atoms with E-state index in [1.807, 2.05) is 30.0 Å². The number of nitrogens with zero attached hydrogens (tertiary/aromatic N) is 3. The predicted molar refractivity (Wildman–Crippen MR) is 108 cm³/mol. The van der Waals surface area contributed by atoms with Gasteiger partial charge in [0.25, 0.3) is 5.56 Å². The Morgan fingerprint density at radius 3 is 2.74 bits per heavy atom. The number of piperidine rings is 1. The second-order valence-corrected chi connectivity index (χ2v) is 8.52. The summed E-state index contributed by atoms with van der Waals surface area (Å²) in [5.41, 5.74) is 0.514. The number of aliphatic hydroxyl groups is 1. The highest BCUT2D eigenvalue weighted by Gasteiger charge is 2.26. The Bertz CT molecular complexity index is 859. The average Bonchev–Trinajstić information content (AvgIpc) is 2.68. The molecule has 1 aliphatic rings. The molecule has 0 radical (unpaired) electrons. The fourth-order valence-electron chi connectivity index (χ4n) is 3.36. The van der Waals surface area contributed by atoms with Gasteiger partial charge in [0.05, 0.1) is 16.2 Å². The highest BCUT2D eigenvalue weighted by Crippen LogP contribution is 2.26. The molecule has 0 spiro atoms. The molecule has 0 aliphatic carbocycles. The van der Waals surface area contributed by atoms with Gasteiger partial charge in [0, 0.05) is 26.2 Å². The van der Waals surface area contributed by atoms with E-state index in [1.54, 1.807) is 10.6 Å². The smallest absolute Gasteiger partial charge is 0.262 e. The molecule has 3 rings (SSSR count). The lowest BCUT2D eigenvalue weighted by molar-refractivity contribution is -0.131. The van der Waals surface area contributed by atoms with Crippen molar-refractivity contribution in [2.24, 2.45) is 5.92 Å². The van der Waals surface area contributed by atoms with Crippen molar-refractivity contribution in [2.45, 2.75) is 50.1 Å². The largest absolute Gasteiger partial charge is 0.396 e. The standard InChI is InChI=1S/C20H27N3O3S/c1-14-8-11-22(12-9-14)18(25)15(2)27-20-21-17-7-4-3-6-16(17)19(26)23(20)10-5-13-24/h3-4,6-7,14-15,24H,5,8-13H2,1-2H3. The van der Waals surface area contributed by atoms with Crippen molar-refractivity contribution < 1.29 is 9.90 Å². The van der Waals surface area contributed by atoms with Crippen molar-refractivity contribution in [1.29, 1.82) is 0 Å². The fraction of sp³-hybridized carbons (Fsp3) is 0.550. The lowest BCUT2D eigenvalue weighted by atomic mass is 9.99. The molecule has 0 saturated carbocycles. The van der Waals surface area contributed by atoms with Crippen LogP contribution in [0.25, 0.3) is 10.9 Å². The van der Waals surface area contributed by atoms with E-state index in [-0.39, 0.29) is 23.3 Å². The molecule has 146 valence electrons. The number of amides is 1. The van der Waals surface area contributed by atoms with E-state index in [0.717, 1.165) is 25.9 Å². The van der Waals surface area contributed by atoms with E-state index in [0.29, 0.717) is 34.9 Å². The van der Waals surface area contributed by atoms with Gasteiger partial charge in [-0.1, -0.05) is 30.8 Å². The summed E-state index contributed by atoms with van der Waals surface area (Å²) in [4.78, 5) is 32.3. The average molecular weight is 390 g/mol. The first kappa shape index (κ1) is 19.9. The number of benzene rings is 1. The lowest BCUT2D eigenvalue weighted by Crippen LogP contribution is -2.42. The van der Waals surface area contributed by atoms with E-state index in [4.69, 9.17) is 0 Å². The Labute approximate surface area is 163 Å². The highest BCUT2D eigenvalue weighted by molar-refractivity contribution is 8.00. The van der Waals surface area contributed by atoms with Gasteiger partial charge >= 0.3 is 0 Å². The third kappa shape index (κ3) is 4.52. The second kappa shape index (κ2) is 8.89. The van der Waals surface area contributed by atoms with Gasteiger partial charge in [-0.3, -0.25) is 14.2 Å². The molecular weight excluding hydrogens is 362 g/mol. The SMILES string of the molecule is CC1CCN(C(=O)C(C)Sc2nc3ccccc3c(=O)n2CCCO)CC1. The van der Waals surface area contributed by atoms with Crippen LogP contribution < -0.4 is 5.56 Å². The second-order valence-electron chi connectivity index (χ2n) is 7.21. The summed E-state index contributed by atoms with van der Waals surface area (Å²) in [5.74, 6) is 0.769. The lowest BCUT2D eigenvalue weighted by Gasteiger charge is -2.32. The van der Waals surface area contributed by atoms with Gasteiger partial charge in [0.1, 0.15) is 0 Å². The van der Waals surface area contributed by atoms with Crippen LogP contribution in [0, 0.1) is 5.92 Å². The molecule has 1 amide bonds. The zero-order valence-electron chi connectivity index (χ0n) is 15.9. The van der Waals surface area contributed by atoms with Crippen molar-refractivity contribution >= 4 is 28.6 Å². The Hall–Kier alpha value is -1.86. The van der Waals surface area contributed by atoms with E-state index in [2.05, 4.69) is 11.9 Å². The number of fused-ring (bicyclic) bond motifs is 1. The van der Waals surface area contributed by atoms with E-state index < -0.39 is 0 Å². The number of aromatic nitrogens is 2. The minimum atomic E-state index is -0.313. The topological polar surface area (TPSA) is 75.4 Å². The maximum Gasteiger partial charge on any atom is 0.262 e. The van der Waals surface area contributed by atoms with Crippen LogP contribution in [0.4, 0.5) is 0 Å². The molecule has 2 aromatic rings. The van der Waals surface area contributed by atoms with Crippen molar-refractivity contribution in [3.8, 4) is 0 Å². The van der Waals surface area contributed by atoms with Crippen LogP contribution in [-0.4, -0.2) is 50.4 Å². The molecule has 1 unspecified atom stereocenters. The van der Waals surface area contributed by atoms with Crippen molar-refractivity contribution in [2.75, 3.05) is 19.7 Å². The number of thioether (sulfide) groups is 1. The minimum absolute atomic E-state index is 0.00379. The summed E-state index contributed by atoms with van der Waals surface area (Å²) in [6.45, 7) is 6.09. The molecule has 1 aromatic carbocycles. The van der Waals surface area contributed by atoms with Gasteiger partial charge in [0.15, 0.2) is 5.16 Å². The summed E-state index contributed by atoms with van der Waals surface area (Å²) in [5, 5.41) is 9.97. The number of hydrogen-bond donors (Lipinski definition) is 1. The molecule has 1 aliphatic heterocycles. The minimum Gasteiger partial charge on any atom is -0.396 e. The van der Waals surface area contributed by atoms with Crippen LogP contribution >= 0.6 is 11.8 Å². The molecule has 1 saturated heterocycles. The molecule has 6 nitrogen and oxygen atoms in total. The van der Waals surface area contributed by atoms with Crippen molar-refractivity contribution in [3.05, 3.63) is 34.6 Å². The molecule has 2 heterocycles. The number of hydrogen-bond acceptors (Lipinski definition) is 5. The normalized spacial score (nSPS) is 16.6. The molecule has 1 atom stereocenters. The zero-order chi connectivity index (χ0) is 19.4. The zero-order valence-corrected chi connectivity index (χ0v) is 16.7. The molecule has 1 aromatic heterocycles. The van der Waals surface area contributed by atoms with Crippen LogP contribution in [-0.2, 0) is 11.3 Å². The van der Waals surface area contributed by atoms with E-state index in [9.17, 15) is 14.7 Å². The van der Waals surface area contributed by atoms with Crippen LogP contribution in [0.1, 0.15) is 33.1 Å². The first-order chi connectivity index (χ1) is 13.0. The van der Waals surface area contributed by atoms with E-state index in [1.165, 1.54) is 11.8 Å².